The van der Waals surface area contributed by atoms with E-state index < -0.39 is 37.5 Å². The van der Waals surface area contributed by atoms with Gasteiger partial charge in [-0.15, -0.1) is 17.1 Å². The van der Waals surface area contributed by atoms with Gasteiger partial charge in [0.05, 0.1) is 35.6 Å². The molecule has 5 rings (SSSR count). The summed E-state index contributed by atoms with van der Waals surface area (Å²) in [4.78, 5) is 7.95. The summed E-state index contributed by atoms with van der Waals surface area (Å²) in [6, 6.07) is 5.17. The normalized spacial score (nSPS) is 26.9. The first-order chi connectivity index (χ1) is 20.7. The number of nitrogens with two attached hydrogens (primary N) is 1. The van der Waals surface area contributed by atoms with Gasteiger partial charge in [0.25, 0.3) is 0 Å². The molecule has 6 atom stereocenters. The van der Waals surface area contributed by atoms with Crippen LogP contribution >= 0.6 is 46.4 Å². The van der Waals surface area contributed by atoms with Gasteiger partial charge >= 0.3 is 0 Å². The third-order valence-corrected chi connectivity index (χ3v) is 9.54. The van der Waals surface area contributed by atoms with Crippen LogP contribution in [-0.2, 0) is 20.8 Å². The van der Waals surface area contributed by atoms with Crippen LogP contribution in [0.4, 0.5) is 5.82 Å². The quantitative estimate of drug-likeness (QED) is 0.153. The zero-order valence-corrected chi connectivity index (χ0v) is 28.8. The van der Waals surface area contributed by atoms with E-state index in [-0.39, 0.29) is 19.1 Å². The first kappa shape index (κ1) is 33.3. The summed E-state index contributed by atoms with van der Waals surface area (Å²) < 4.78 is 20.6. The van der Waals surface area contributed by atoms with E-state index in [1.165, 1.54) is 6.33 Å². The molecule has 1 fully saturated rings. The Morgan fingerprint density at radius 1 is 1.18 bits per heavy atom. The number of rotatable bonds is 8. The Morgan fingerprint density at radius 2 is 1.95 bits per heavy atom. The Morgan fingerprint density at radius 3 is 2.66 bits per heavy atom. The molecule has 0 radical (unpaired) electrons. The number of hydrogen-bond donors (Lipinski definition) is 2. The van der Waals surface area contributed by atoms with Gasteiger partial charge in [-0.25, -0.2) is 9.97 Å². The van der Waals surface area contributed by atoms with Crippen molar-refractivity contribution < 1.29 is 19.3 Å². The lowest BCUT2D eigenvalue weighted by Crippen LogP contribution is -2.38. The van der Waals surface area contributed by atoms with Crippen LogP contribution in [-0.4, -0.2) is 64.1 Å². The summed E-state index contributed by atoms with van der Waals surface area (Å²) in [6.07, 6.45) is 5.31. The fourth-order valence-electron chi connectivity index (χ4n) is 5.12. The summed E-state index contributed by atoms with van der Waals surface area (Å²) in [5.41, 5.74) is 11.5. The lowest BCUT2D eigenvalue weighted by atomic mass is 9.90. The van der Waals surface area contributed by atoms with Crippen molar-refractivity contribution in [2.75, 3.05) is 18.9 Å². The second kappa shape index (κ2) is 13.3. The number of ether oxygens (including phenoxy) is 3. The van der Waals surface area contributed by atoms with Crippen molar-refractivity contribution in [2.45, 2.75) is 62.6 Å². The molecule has 3 heterocycles. The third-order valence-electron chi connectivity index (χ3n) is 7.45. The molecule has 1 aliphatic heterocycles. The van der Waals surface area contributed by atoms with Crippen molar-refractivity contribution in [1.29, 1.82) is 0 Å². The Bertz CT molecular complexity index is 1660. The van der Waals surface area contributed by atoms with Gasteiger partial charge in [-0.05, 0) is 36.8 Å². The first-order valence-electron chi connectivity index (χ1n) is 14.1. The molecule has 2 aliphatic rings. The van der Waals surface area contributed by atoms with E-state index in [0.29, 0.717) is 44.1 Å². The number of anilines is 1. The van der Waals surface area contributed by atoms with Gasteiger partial charge in [-0.3, -0.25) is 0 Å². The number of allylic oxidation sites excluding steroid dienone is 3. The fourth-order valence-corrected chi connectivity index (χ4v) is 6.70. The van der Waals surface area contributed by atoms with Crippen LogP contribution in [0.2, 0.25) is 29.7 Å². The molecule has 13 heteroatoms. The number of aromatic nitrogens is 3. The van der Waals surface area contributed by atoms with Gasteiger partial charge in [0, 0.05) is 27.2 Å². The number of benzene rings is 1. The van der Waals surface area contributed by atoms with Crippen molar-refractivity contribution in [3.8, 4) is 11.5 Å². The van der Waals surface area contributed by atoms with Gasteiger partial charge in [-0.1, -0.05) is 72.5 Å². The number of aliphatic hydroxyl groups is 1. The maximum absolute atomic E-state index is 11.7. The molecular weight excluding hydrogens is 662 g/mol. The minimum absolute atomic E-state index is 0.118. The third kappa shape index (κ3) is 7.47. The van der Waals surface area contributed by atoms with Gasteiger partial charge in [0.1, 0.15) is 44.2 Å². The first-order valence-corrected chi connectivity index (χ1v) is 19.1. The summed E-state index contributed by atoms with van der Waals surface area (Å²) in [5.74, 6) is 3.44. The van der Waals surface area contributed by atoms with Crippen LogP contribution in [0, 0.1) is 17.4 Å². The average molecular weight is 697 g/mol. The van der Waals surface area contributed by atoms with Crippen molar-refractivity contribution in [3.63, 3.8) is 0 Å². The van der Waals surface area contributed by atoms with E-state index in [1.54, 1.807) is 41.1 Å². The molecule has 8 nitrogen and oxygen atoms in total. The Kier molecular flexibility index (Phi) is 10.1. The number of aliphatic hydroxyl groups excluding tert-OH is 1. The standard InChI is InChI=1S/C31H34Cl4N4O4Si/c1-31(35)12-22(33)8-6-20(31)15-41-16-24-27(42-14-19-5-7-21(32)11-23(19)34)26(40)30(43-24)39-13-18(9-10-44(2,3)4)25-28(36)37-17-38-29(25)39/h5-8,11-13,17,20,24,26-27,30,40H,14-16H2,1-4H3,(H2,36,37,38)/t20?,24-,26-,27-,30-,31?/m1/s1. The maximum atomic E-state index is 11.7. The minimum Gasteiger partial charge on any atom is -0.386 e. The second-order valence-electron chi connectivity index (χ2n) is 12.2. The molecule has 0 saturated carbocycles. The maximum Gasteiger partial charge on any atom is 0.164 e. The van der Waals surface area contributed by atoms with E-state index in [2.05, 4.69) is 41.1 Å². The Hall–Kier alpha value is -2.10. The summed E-state index contributed by atoms with van der Waals surface area (Å²) >= 11 is 25.3. The summed E-state index contributed by atoms with van der Waals surface area (Å²) in [7, 11) is -1.71. The molecule has 44 heavy (non-hydrogen) atoms. The van der Waals surface area contributed by atoms with E-state index >= 15 is 0 Å². The highest BCUT2D eigenvalue weighted by atomic mass is 35.5. The number of nitrogens with zero attached hydrogens (tertiary/aromatic N) is 3. The average Bonchev–Trinajstić information content (AvgIpc) is 3.45. The fraction of sp³-hybridized carbons (Fsp3) is 0.419. The van der Waals surface area contributed by atoms with Crippen LogP contribution in [0.1, 0.15) is 24.3 Å². The predicted molar refractivity (Wildman–Crippen MR) is 179 cm³/mol. The predicted octanol–water partition coefficient (Wildman–Crippen LogP) is 6.72. The molecule has 2 unspecified atom stereocenters. The highest BCUT2D eigenvalue weighted by Gasteiger charge is 2.46. The molecule has 0 bridgehead atoms. The van der Waals surface area contributed by atoms with Crippen LogP contribution in [0.3, 0.4) is 0 Å². The highest BCUT2D eigenvalue weighted by Crippen LogP contribution is 2.38. The molecule has 234 valence electrons. The molecule has 0 spiro atoms. The molecular formula is C31H34Cl4N4O4Si. The van der Waals surface area contributed by atoms with Gasteiger partial charge < -0.3 is 29.6 Å². The summed E-state index contributed by atoms with van der Waals surface area (Å²) in [5, 5.41) is 13.8. The van der Waals surface area contributed by atoms with Crippen LogP contribution in [0.25, 0.3) is 11.0 Å². The number of nitrogen functional groups attached to an aromatic ring is 1. The second-order valence-corrected chi connectivity index (χ2v) is 19.0. The molecule has 0 amide bonds. The Labute approximate surface area is 278 Å². The molecule has 1 saturated heterocycles. The van der Waals surface area contributed by atoms with E-state index in [9.17, 15) is 5.11 Å². The number of halogens is 4. The van der Waals surface area contributed by atoms with Gasteiger partial charge in [-0.2, -0.15) is 0 Å². The number of fused-ring (bicyclic) bond motifs is 1. The lowest BCUT2D eigenvalue weighted by molar-refractivity contribution is -0.0822. The van der Waals surface area contributed by atoms with E-state index in [1.807, 2.05) is 13.0 Å². The molecule has 2 aromatic heterocycles. The largest absolute Gasteiger partial charge is 0.386 e. The van der Waals surface area contributed by atoms with Crippen LogP contribution in [0.15, 0.2) is 54.0 Å². The van der Waals surface area contributed by atoms with Crippen molar-refractivity contribution >= 4 is 71.3 Å². The monoisotopic (exact) mass is 694 g/mol. The Balaban J connectivity index is 1.43. The van der Waals surface area contributed by atoms with Crippen molar-refractivity contribution in [2.24, 2.45) is 5.92 Å². The van der Waals surface area contributed by atoms with E-state index in [0.717, 1.165) is 5.56 Å². The molecule has 1 aromatic carbocycles. The summed E-state index contributed by atoms with van der Waals surface area (Å²) in [6.45, 7) is 8.90. The molecule has 3 N–H and O–H groups in total. The highest BCUT2D eigenvalue weighted by molar-refractivity contribution is 6.83. The van der Waals surface area contributed by atoms with Crippen LogP contribution < -0.4 is 5.73 Å². The number of hydrogen-bond acceptors (Lipinski definition) is 7. The lowest BCUT2D eigenvalue weighted by Gasteiger charge is -2.30. The van der Waals surface area contributed by atoms with Crippen LogP contribution in [0.5, 0.6) is 0 Å². The molecule has 1 aliphatic carbocycles. The minimum atomic E-state index is -1.71. The SMILES string of the molecule is CC1(Cl)C=C(Cl)C=CC1COC[C@H]1O[C@@H](n2cc(C#C[Si](C)(C)C)c3c(N)ncnc32)[C@H](O)[C@@H]1OCc1ccc(Cl)cc1Cl. The van der Waals surface area contributed by atoms with Crippen molar-refractivity contribution in [1.82, 2.24) is 14.5 Å². The van der Waals surface area contributed by atoms with Gasteiger partial charge in [0.2, 0.25) is 0 Å². The molecule has 3 aromatic rings. The zero-order chi connectivity index (χ0) is 31.8. The topological polar surface area (TPSA) is 105 Å². The smallest absolute Gasteiger partial charge is 0.164 e. The van der Waals surface area contributed by atoms with Crippen molar-refractivity contribution in [3.05, 3.63) is 75.2 Å². The van der Waals surface area contributed by atoms with Gasteiger partial charge in [0.15, 0.2) is 6.23 Å². The zero-order valence-electron chi connectivity index (χ0n) is 24.7. The van der Waals surface area contributed by atoms with E-state index in [4.69, 9.17) is 66.3 Å². The number of alkyl halides is 1.